The lowest BCUT2D eigenvalue weighted by atomic mass is 10.0. The standard InChI is InChI=1S/C21H17FN4O/c1-26-13-23-12-21(26)16-7-15-8-18(24-11-20(15)25-10-16)9-19(27)6-14-2-4-17(22)5-3-14/h2-5,7-8,10-13H,6,9H2,1H3/i6D2. The van der Waals surface area contributed by atoms with Crippen molar-refractivity contribution in [1.29, 1.82) is 0 Å². The number of aromatic nitrogens is 4. The number of carbonyl (C=O) groups excluding carboxylic acids is 1. The maximum atomic E-state index is 13.1. The fourth-order valence-corrected chi connectivity index (χ4v) is 2.85. The van der Waals surface area contributed by atoms with Gasteiger partial charge in [-0.15, -0.1) is 0 Å². The van der Waals surface area contributed by atoms with Crippen molar-refractivity contribution in [3.05, 3.63) is 78.4 Å². The molecule has 0 atom stereocenters. The van der Waals surface area contributed by atoms with Crippen molar-refractivity contribution in [2.75, 3.05) is 0 Å². The Morgan fingerprint density at radius 1 is 1.15 bits per heavy atom. The van der Waals surface area contributed by atoms with Crippen LogP contribution in [0.2, 0.25) is 0 Å². The topological polar surface area (TPSA) is 60.7 Å². The molecule has 0 aliphatic rings. The molecule has 0 unspecified atom stereocenters. The molecule has 0 bridgehead atoms. The predicted octanol–water partition coefficient (Wildman–Crippen LogP) is 3.52. The Hall–Kier alpha value is -3.41. The lowest BCUT2D eigenvalue weighted by Crippen LogP contribution is -2.08. The summed E-state index contributed by atoms with van der Waals surface area (Å²) in [5, 5.41) is 0.795. The molecule has 27 heavy (non-hydrogen) atoms. The number of pyridine rings is 2. The van der Waals surface area contributed by atoms with Crippen molar-refractivity contribution in [2.45, 2.75) is 12.8 Å². The van der Waals surface area contributed by atoms with E-state index in [1.807, 2.05) is 17.7 Å². The van der Waals surface area contributed by atoms with Gasteiger partial charge >= 0.3 is 0 Å². The summed E-state index contributed by atoms with van der Waals surface area (Å²) in [6.45, 7) is 0. The second kappa shape index (κ2) is 7.07. The highest BCUT2D eigenvalue weighted by Gasteiger charge is 2.09. The van der Waals surface area contributed by atoms with Gasteiger partial charge in [-0.1, -0.05) is 12.1 Å². The molecule has 0 aliphatic carbocycles. The van der Waals surface area contributed by atoms with Crippen LogP contribution < -0.4 is 0 Å². The Balaban J connectivity index is 1.63. The average Bonchev–Trinajstić information content (AvgIpc) is 3.13. The van der Waals surface area contributed by atoms with E-state index in [9.17, 15) is 9.18 Å². The minimum absolute atomic E-state index is 0.116. The number of hydrogen-bond donors (Lipinski definition) is 0. The first-order valence-electron chi connectivity index (χ1n) is 9.35. The molecule has 1 aromatic carbocycles. The lowest BCUT2D eigenvalue weighted by Gasteiger charge is -2.06. The van der Waals surface area contributed by atoms with Crippen LogP contribution >= 0.6 is 0 Å². The molecule has 134 valence electrons. The molecular formula is C21H17FN4O. The summed E-state index contributed by atoms with van der Waals surface area (Å²) in [7, 11) is 1.89. The number of hydrogen-bond acceptors (Lipinski definition) is 4. The minimum atomic E-state index is -2.24. The summed E-state index contributed by atoms with van der Waals surface area (Å²) in [5.41, 5.74) is 3.01. The van der Waals surface area contributed by atoms with E-state index in [2.05, 4.69) is 15.0 Å². The normalized spacial score (nSPS) is 12.7. The quantitative estimate of drug-likeness (QED) is 0.545. The van der Waals surface area contributed by atoms with Gasteiger partial charge in [-0.2, -0.15) is 0 Å². The molecular weight excluding hydrogens is 343 g/mol. The molecule has 0 radical (unpaired) electrons. The molecule has 0 N–H and O–H groups in total. The Labute approximate surface area is 158 Å². The molecule has 3 aromatic heterocycles. The third-order valence-electron chi connectivity index (χ3n) is 4.21. The SMILES string of the molecule is [2H]C([2H])(C(=O)Cc1cc2cc(-c3cncn3C)cnc2cn1)c1ccc(F)cc1. The number of fused-ring (bicyclic) bond motifs is 1. The van der Waals surface area contributed by atoms with Crippen LogP contribution in [0.5, 0.6) is 0 Å². The van der Waals surface area contributed by atoms with Crippen molar-refractivity contribution in [2.24, 2.45) is 7.05 Å². The maximum Gasteiger partial charge on any atom is 0.143 e. The van der Waals surface area contributed by atoms with E-state index in [-0.39, 0.29) is 12.0 Å². The van der Waals surface area contributed by atoms with Gasteiger partial charge in [-0.3, -0.25) is 14.8 Å². The predicted molar refractivity (Wildman–Crippen MR) is 101 cm³/mol. The van der Waals surface area contributed by atoms with E-state index >= 15 is 0 Å². The maximum absolute atomic E-state index is 13.1. The van der Waals surface area contributed by atoms with E-state index in [1.54, 1.807) is 31.0 Å². The number of benzene rings is 1. The van der Waals surface area contributed by atoms with Gasteiger partial charge in [-0.05, 0) is 29.8 Å². The second-order valence-electron chi connectivity index (χ2n) is 6.21. The summed E-state index contributed by atoms with van der Waals surface area (Å²) >= 11 is 0. The number of rotatable bonds is 5. The van der Waals surface area contributed by atoms with E-state index in [4.69, 9.17) is 2.74 Å². The molecule has 0 amide bonds. The minimum Gasteiger partial charge on any atom is -0.334 e. The van der Waals surface area contributed by atoms with Crippen LogP contribution in [0.3, 0.4) is 0 Å². The summed E-state index contributed by atoms with van der Waals surface area (Å²) < 4.78 is 31.3. The smallest absolute Gasteiger partial charge is 0.143 e. The van der Waals surface area contributed by atoms with Gasteiger partial charge in [0.2, 0.25) is 0 Å². The van der Waals surface area contributed by atoms with Crippen LogP contribution in [-0.2, 0) is 24.6 Å². The summed E-state index contributed by atoms with van der Waals surface area (Å²) in [5.74, 6) is -1.13. The van der Waals surface area contributed by atoms with Crippen molar-refractivity contribution in [1.82, 2.24) is 19.5 Å². The zero-order chi connectivity index (χ0) is 20.6. The summed E-state index contributed by atoms with van der Waals surface area (Å²) in [6, 6.07) is 8.52. The first-order chi connectivity index (χ1) is 13.8. The molecule has 0 spiro atoms. The highest BCUT2D eigenvalue weighted by molar-refractivity contribution is 5.86. The van der Waals surface area contributed by atoms with E-state index in [0.29, 0.717) is 11.2 Å². The molecule has 4 rings (SSSR count). The number of ketones is 1. The Bertz CT molecular complexity index is 1210. The zero-order valence-corrected chi connectivity index (χ0v) is 14.6. The third-order valence-corrected chi connectivity index (χ3v) is 4.21. The van der Waals surface area contributed by atoms with Gasteiger partial charge in [0.25, 0.3) is 0 Å². The van der Waals surface area contributed by atoms with Gasteiger partial charge < -0.3 is 4.57 Å². The van der Waals surface area contributed by atoms with Crippen molar-refractivity contribution in [3.63, 3.8) is 0 Å². The summed E-state index contributed by atoms with van der Waals surface area (Å²) in [6.07, 6.45) is 4.33. The van der Waals surface area contributed by atoms with E-state index in [0.717, 1.165) is 28.8 Å². The highest BCUT2D eigenvalue weighted by atomic mass is 19.1. The van der Waals surface area contributed by atoms with Gasteiger partial charge in [0.15, 0.2) is 0 Å². The molecule has 3 heterocycles. The molecule has 4 aromatic rings. The number of carbonyl (C=O) groups is 1. The molecule has 5 nitrogen and oxygen atoms in total. The monoisotopic (exact) mass is 362 g/mol. The van der Waals surface area contributed by atoms with Gasteiger partial charge in [-0.25, -0.2) is 9.37 Å². The molecule has 0 fully saturated rings. The van der Waals surface area contributed by atoms with Gasteiger partial charge in [0, 0.05) is 45.4 Å². The van der Waals surface area contributed by atoms with Crippen LogP contribution in [0.4, 0.5) is 4.39 Å². The first kappa shape index (κ1) is 14.7. The second-order valence-corrected chi connectivity index (χ2v) is 6.21. The van der Waals surface area contributed by atoms with Crippen molar-refractivity contribution < 1.29 is 11.9 Å². The fourth-order valence-electron chi connectivity index (χ4n) is 2.85. The van der Waals surface area contributed by atoms with Crippen molar-refractivity contribution in [3.8, 4) is 11.3 Å². The van der Waals surface area contributed by atoms with Crippen molar-refractivity contribution >= 4 is 16.7 Å². The first-order valence-corrected chi connectivity index (χ1v) is 8.35. The Morgan fingerprint density at radius 2 is 1.96 bits per heavy atom. The van der Waals surface area contributed by atoms with Crippen LogP contribution in [0.15, 0.2) is 61.3 Å². The van der Waals surface area contributed by atoms with E-state index < -0.39 is 18.0 Å². The van der Waals surface area contributed by atoms with Gasteiger partial charge in [0.05, 0.1) is 29.9 Å². The average molecular weight is 362 g/mol. The molecule has 0 aliphatic heterocycles. The summed E-state index contributed by atoms with van der Waals surface area (Å²) in [4.78, 5) is 25.4. The Kier molecular flexibility index (Phi) is 3.86. The van der Waals surface area contributed by atoms with Crippen LogP contribution in [0, 0.1) is 5.82 Å². The van der Waals surface area contributed by atoms with Crippen LogP contribution in [0.25, 0.3) is 22.2 Å². The number of Topliss-reactive ketones (excluding diaryl/α,β-unsaturated/α-hetero) is 1. The van der Waals surface area contributed by atoms with Crippen LogP contribution in [0.1, 0.15) is 14.0 Å². The Morgan fingerprint density at radius 3 is 2.70 bits per heavy atom. The molecule has 0 saturated carbocycles. The largest absolute Gasteiger partial charge is 0.334 e. The zero-order valence-electron chi connectivity index (χ0n) is 16.6. The molecule has 6 heteroatoms. The number of nitrogens with zero attached hydrogens (tertiary/aromatic N) is 4. The van der Waals surface area contributed by atoms with Gasteiger partial charge in [0.1, 0.15) is 11.6 Å². The van der Waals surface area contributed by atoms with Crippen LogP contribution in [-0.4, -0.2) is 25.3 Å². The number of aryl methyl sites for hydroxylation is 1. The lowest BCUT2D eigenvalue weighted by molar-refractivity contribution is -0.117. The van der Waals surface area contributed by atoms with E-state index in [1.165, 1.54) is 12.1 Å². The highest BCUT2D eigenvalue weighted by Crippen LogP contribution is 2.22. The fraction of sp³-hybridized carbons (Fsp3) is 0.143. The number of halogens is 1. The third kappa shape index (κ3) is 3.74. The molecule has 0 saturated heterocycles. The number of imidazole rings is 1.